The summed E-state index contributed by atoms with van der Waals surface area (Å²) in [7, 11) is 5.02. The highest BCUT2D eigenvalue weighted by Crippen LogP contribution is 2.40. The molecule has 20 nitrogen and oxygen atoms in total. The Morgan fingerprint density at radius 2 is 1.41 bits per heavy atom. The van der Waals surface area contributed by atoms with Gasteiger partial charge in [0.25, 0.3) is 11.8 Å². The molecule has 0 saturated carbocycles. The van der Waals surface area contributed by atoms with Crippen molar-refractivity contribution in [3.05, 3.63) is 88.1 Å². The van der Waals surface area contributed by atoms with Crippen LogP contribution in [-0.2, 0) is 4.74 Å². The molecule has 0 unspecified atom stereocenters. The molecule has 63 heavy (non-hydrogen) atoms. The number of likely N-dealkylation sites (tertiary alicyclic amines) is 2. The summed E-state index contributed by atoms with van der Waals surface area (Å²) in [6.45, 7) is 9.35. The molecule has 2 aromatic carbocycles. The van der Waals surface area contributed by atoms with Crippen molar-refractivity contribution < 1.29 is 63.1 Å². The predicted octanol–water partition coefficient (Wildman–Crippen LogP) is 5.85. The number of pyridine rings is 1. The molecule has 2 aliphatic rings. The molecule has 1 aromatic heterocycles. The lowest BCUT2D eigenvalue weighted by molar-refractivity contribution is -0.388. The number of carbonyl (C=O) groups excluding carboxylic acids is 3. The number of anilines is 2. The first kappa shape index (κ1) is 47.8. The van der Waals surface area contributed by atoms with Gasteiger partial charge in [0.05, 0.1) is 80.2 Å². The fraction of sp³-hybridized carbons (Fsp3) is 0.390. The standard InChI is InChI=1S/C41H48N6O14S2/c1-23-12-26(20-48)45(18-23)38(50)28-14-33(57-4)35(16-30(28)43-40(52)53)59-10-7-11-60-36-17-31(29(15-34(36)58-5)39(51)46-19-24(2)13-27(46)21-49)44-41(54)61-22-25(3)62-63-37-32(47(55)56)8-6-9-42-37/h6,8-9,14-17,25-27,43,48-49H,1-2,7,10-13,18-22H2,3-5H3,(H,44,54)(H,52,53)/t25-,26+,27+/m1/s1. The van der Waals surface area contributed by atoms with Crippen LogP contribution in [0.3, 0.4) is 0 Å². The van der Waals surface area contributed by atoms with E-state index in [4.69, 9.17) is 23.7 Å². The highest BCUT2D eigenvalue weighted by molar-refractivity contribution is 8.77. The van der Waals surface area contributed by atoms with E-state index in [1.807, 2.05) is 0 Å². The molecule has 2 fully saturated rings. The second kappa shape index (κ2) is 22.2. The molecule has 3 aromatic rings. The van der Waals surface area contributed by atoms with E-state index in [2.05, 4.69) is 28.8 Å². The van der Waals surface area contributed by atoms with Crippen molar-refractivity contribution in [2.75, 3.05) is 71.0 Å². The Labute approximate surface area is 370 Å². The first-order valence-electron chi connectivity index (χ1n) is 19.4. The number of benzene rings is 2. The number of aliphatic hydroxyl groups excluding tert-OH is 2. The summed E-state index contributed by atoms with van der Waals surface area (Å²) in [6.07, 6.45) is 0.173. The van der Waals surface area contributed by atoms with Crippen molar-refractivity contribution in [2.45, 2.75) is 48.5 Å². The van der Waals surface area contributed by atoms with Crippen molar-refractivity contribution in [3.63, 3.8) is 0 Å². The summed E-state index contributed by atoms with van der Waals surface area (Å²) in [5.41, 5.74) is 1.31. The van der Waals surface area contributed by atoms with Gasteiger partial charge >= 0.3 is 17.9 Å². The van der Waals surface area contributed by atoms with Crippen LogP contribution >= 0.6 is 21.6 Å². The fourth-order valence-electron chi connectivity index (χ4n) is 6.71. The second-order valence-electron chi connectivity index (χ2n) is 14.3. The SMILES string of the molecule is C=C1C[C@@H](CO)N(C(=O)c2cc(OC)c(OCCCOc3cc(NC(=O)OC[C@@H](C)SSc4ncccc4[N+](=O)[O-])c(C(=O)N4CC(=C)C[C@H]4CO)cc3OC)cc2NC(=O)O)C1. The van der Waals surface area contributed by atoms with Gasteiger partial charge in [-0.3, -0.25) is 30.3 Å². The van der Waals surface area contributed by atoms with E-state index >= 15 is 0 Å². The van der Waals surface area contributed by atoms with Crippen LogP contribution in [0.5, 0.6) is 23.0 Å². The monoisotopic (exact) mass is 912 g/mol. The molecule has 2 saturated heterocycles. The Balaban J connectivity index is 1.28. The van der Waals surface area contributed by atoms with Crippen molar-refractivity contribution in [3.8, 4) is 23.0 Å². The molecule has 3 atom stereocenters. The second-order valence-corrected chi connectivity index (χ2v) is 17.0. The number of aliphatic hydroxyl groups is 2. The predicted molar refractivity (Wildman–Crippen MR) is 233 cm³/mol. The van der Waals surface area contributed by atoms with Gasteiger partial charge in [0.1, 0.15) is 6.61 Å². The van der Waals surface area contributed by atoms with Crippen LogP contribution in [0.1, 0.15) is 46.9 Å². The number of ether oxygens (including phenoxy) is 5. The lowest BCUT2D eigenvalue weighted by Crippen LogP contribution is -2.38. The largest absolute Gasteiger partial charge is 0.493 e. The molecule has 3 heterocycles. The Kier molecular flexibility index (Phi) is 16.9. The van der Waals surface area contributed by atoms with Crippen molar-refractivity contribution in [1.29, 1.82) is 0 Å². The van der Waals surface area contributed by atoms with Crippen LogP contribution in [0.25, 0.3) is 0 Å². The summed E-state index contributed by atoms with van der Waals surface area (Å²) in [6, 6.07) is 7.25. The number of carbonyl (C=O) groups is 4. The zero-order valence-electron chi connectivity index (χ0n) is 34.7. The number of nitrogens with one attached hydrogen (secondary N) is 2. The lowest BCUT2D eigenvalue weighted by atomic mass is 10.1. The minimum atomic E-state index is -1.42. The Hall–Kier alpha value is -6.23. The molecule has 22 heteroatoms. The van der Waals surface area contributed by atoms with Gasteiger partial charge in [-0.05, 0) is 48.8 Å². The van der Waals surface area contributed by atoms with Gasteiger partial charge in [-0.1, -0.05) is 35.1 Å². The van der Waals surface area contributed by atoms with Gasteiger partial charge in [0.15, 0.2) is 28.0 Å². The number of nitro groups is 1. The number of rotatable bonds is 20. The van der Waals surface area contributed by atoms with Crippen molar-refractivity contribution in [1.82, 2.24) is 14.8 Å². The molecule has 0 bridgehead atoms. The lowest BCUT2D eigenvalue weighted by Gasteiger charge is -2.25. The van der Waals surface area contributed by atoms with Crippen LogP contribution in [0.15, 0.2) is 71.9 Å². The van der Waals surface area contributed by atoms with E-state index in [0.29, 0.717) is 12.8 Å². The Bertz CT molecular complexity index is 2230. The highest BCUT2D eigenvalue weighted by Gasteiger charge is 2.35. The van der Waals surface area contributed by atoms with Gasteiger partial charge in [0.2, 0.25) is 0 Å². The normalized spacial score (nSPS) is 16.3. The van der Waals surface area contributed by atoms with Crippen LogP contribution in [0.2, 0.25) is 0 Å². The molecule has 5 rings (SSSR count). The number of carboxylic acid groups (broad SMARTS) is 1. The molecule has 2 aliphatic heterocycles. The first-order valence-corrected chi connectivity index (χ1v) is 21.6. The zero-order valence-corrected chi connectivity index (χ0v) is 36.3. The maximum atomic E-state index is 14.0. The van der Waals surface area contributed by atoms with Crippen LogP contribution in [0, 0.1) is 10.1 Å². The van der Waals surface area contributed by atoms with Crippen molar-refractivity contribution >= 4 is 62.7 Å². The number of amides is 4. The molecule has 5 N–H and O–H groups in total. The van der Waals surface area contributed by atoms with Gasteiger partial charge in [0, 0.05) is 49.2 Å². The molecule has 0 radical (unpaired) electrons. The molecule has 4 amide bonds. The van der Waals surface area contributed by atoms with Gasteiger partial charge in [-0.2, -0.15) is 0 Å². The molecule has 338 valence electrons. The van der Waals surface area contributed by atoms with Crippen molar-refractivity contribution in [2.24, 2.45) is 0 Å². The van der Waals surface area contributed by atoms with E-state index in [1.165, 1.54) is 77.4 Å². The van der Waals surface area contributed by atoms with Gasteiger partial charge in [-0.15, -0.1) is 0 Å². The minimum absolute atomic E-state index is 0.0109. The maximum Gasteiger partial charge on any atom is 0.411 e. The topological polar surface area (TPSA) is 262 Å². The fourth-order valence-corrected chi connectivity index (χ4v) is 8.74. The van der Waals surface area contributed by atoms with Crippen LogP contribution < -0.4 is 29.6 Å². The van der Waals surface area contributed by atoms with E-state index in [-0.39, 0.29) is 114 Å². The Morgan fingerprint density at radius 3 is 1.89 bits per heavy atom. The third kappa shape index (κ3) is 12.2. The summed E-state index contributed by atoms with van der Waals surface area (Å²) in [5.74, 6) is -0.479. The maximum absolute atomic E-state index is 14.0. The molecule has 0 spiro atoms. The number of nitrogens with zero attached hydrogens (tertiary/aromatic N) is 4. The summed E-state index contributed by atoms with van der Waals surface area (Å²) in [5, 5.41) is 45.5. The summed E-state index contributed by atoms with van der Waals surface area (Å²) < 4.78 is 28.5. The summed E-state index contributed by atoms with van der Waals surface area (Å²) in [4.78, 5) is 70.2. The zero-order chi connectivity index (χ0) is 45.8. The quantitative estimate of drug-likeness (QED) is 0.0293. The number of aromatic nitrogens is 1. The van der Waals surface area contributed by atoms with Gasteiger partial charge in [-0.25, -0.2) is 14.6 Å². The molecular weight excluding hydrogens is 865 g/mol. The third-order valence-corrected chi connectivity index (χ3v) is 12.5. The van der Waals surface area contributed by atoms with E-state index in [9.17, 15) is 44.6 Å². The number of methoxy groups -OCH3 is 2. The third-order valence-electron chi connectivity index (χ3n) is 9.70. The molecular formula is C41H48N6O14S2. The first-order chi connectivity index (χ1) is 30.2. The minimum Gasteiger partial charge on any atom is -0.493 e. The van der Waals surface area contributed by atoms with Gasteiger partial charge < -0.3 is 48.8 Å². The van der Waals surface area contributed by atoms with Crippen LogP contribution in [-0.4, -0.2) is 137 Å². The Morgan fingerprint density at radius 1 is 0.889 bits per heavy atom. The van der Waals surface area contributed by atoms with E-state index < -0.39 is 41.0 Å². The summed E-state index contributed by atoms with van der Waals surface area (Å²) >= 11 is 0. The highest BCUT2D eigenvalue weighted by atomic mass is 33.1. The number of hydrogen-bond donors (Lipinski definition) is 5. The van der Waals surface area contributed by atoms with E-state index in [0.717, 1.165) is 21.9 Å². The smallest absolute Gasteiger partial charge is 0.411 e. The van der Waals surface area contributed by atoms with Crippen LogP contribution in [0.4, 0.5) is 26.7 Å². The van der Waals surface area contributed by atoms with E-state index in [1.54, 1.807) is 6.92 Å². The average molecular weight is 913 g/mol. The number of hydrogen-bond acceptors (Lipinski definition) is 16. The average Bonchev–Trinajstić information content (AvgIpc) is 3.85. The molecule has 0 aliphatic carbocycles.